The molecule has 0 radical (unpaired) electrons. The van der Waals surface area contributed by atoms with Crippen LogP contribution in [0.3, 0.4) is 0 Å². The summed E-state index contributed by atoms with van der Waals surface area (Å²) in [5, 5.41) is 0.227. The number of halogens is 2. The van der Waals surface area contributed by atoms with Crippen LogP contribution in [0, 0.1) is 11.7 Å². The van der Waals surface area contributed by atoms with Gasteiger partial charge in [-0.15, -0.1) is 0 Å². The van der Waals surface area contributed by atoms with Crippen LogP contribution in [0.15, 0.2) is 27.8 Å². The number of carbonyl (C=O) groups excluding carboxylic acids is 1. The summed E-state index contributed by atoms with van der Waals surface area (Å²) in [5.74, 6) is -0.266. The Morgan fingerprint density at radius 2 is 1.84 bits per heavy atom. The van der Waals surface area contributed by atoms with E-state index in [4.69, 9.17) is 16.6 Å². The zero-order chi connectivity index (χ0) is 27.2. The molecule has 1 unspecified atom stereocenters. The summed E-state index contributed by atoms with van der Waals surface area (Å²) in [5.41, 5.74) is -0.432. The molecular weight excluding hydrogens is 499 g/mol. The van der Waals surface area contributed by atoms with Crippen molar-refractivity contribution in [3.05, 3.63) is 55.4 Å². The summed E-state index contributed by atoms with van der Waals surface area (Å²) in [7, 11) is 2.95. The average molecular weight is 533 g/mol. The fourth-order valence-corrected chi connectivity index (χ4v) is 5.57. The highest BCUT2D eigenvalue weighted by atomic mass is 35.5. The molecule has 1 fully saturated rings. The molecule has 1 aliphatic heterocycles. The lowest BCUT2D eigenvalue weighted by Crippen LogP contribution is -2.50. The minimum atomic E-state index is -0.528. The molecule has 200 valence electrons. The van der Waals surface area contributed by atoms with Gasteiger partial charge in [0.25, 0.3) is 5.56 Å². The van der Waals surface area contributed by atoms with Gasteiger partial charge in [-0.2, -0.15) is 4.98 Å². The number of aromatic nitrogens is 4. The smallest absolute Gasteiger partial charge is 0.332 e. The second-order valence-electron chi connectivity index (χ2n) is 10.3. The molecule has 4 rings (SSSR count). The number of anilines is 1. The standard InChI is InChI=1S/C26H34ClFN6O3/c1-15(2)34(16(3)4)23(35)17-9-8-12-32(13-17)25-29-22-21(24(36)31(6)26(37)30(22)5)33(25)14-18-19(27)10-7-11-20(18)28/h7,10-11,15-17H,8-9,12-14H2,1-6H3. The number of piperidine rings is 1. The third kappa shape index (κ3) is 4.79. The van der Waals surface area contributed by atoms with E-state index in [1.165, 1.54) is 23.7 Å². The van der Waals surface area contributed by atoms with Crippen LogP contribution in [0.2, 0.25) is 5.02 Å². The molecule has 0 N–H and O–H groups in total. The van der Waals surface area contributed by atoms with E-state index in [-0.39, 0.29) is 52.2 Å². The van der Waals surface area contributed by atoms with Crippen molar-refractivity contribution in [3.8, 4) is 0 Å². The van der Waals surface area contributed by atoms with Gasteiger partial charge in [-0.05, 0) is 52.7 Å². The third-order valence-corrected chi connectivity index (χ3v) is 7.48. The second kappa shape index (κ2) is 10.3. The van der Waals surface area contributed by atoms with Gasteiger partial charge in [-0.25, -0.2) is 9.18 Å². The maximum atomic E-state index is 14.8. The first kappa shape index (κ1) is 26.9. The van der Waals surface area contributed by atoms with E-state index in [1.54, 1.807) is 17.7 Å². The highest BCUT2D eigenvalue weighted by molar-refractivity contribution is 6.31. The second-order valence-corrected chi connectivity index (χ2v) is 10.7. The van der Waals surface area contributed by atoms with E-state index in [0.29, 0.717) is 19.0 Å². The molecule has 1 aromatic carbocycles. The number of hydrogen-bond donors (Lipinski definition) is 0. The van der Waals surface area contributed by atoms with Crippen LogP contribution in [0.4, 0.5) is 10.3 Å². The van der Waals surface area contributed by atoms with Crippen molar-refractivity contribution >= 4 is 34.6 Å². The van der Waals surface area contributed by atoms with Crippen LogP contribution >= 0.6 is 11.6 Å². The van der Waals surface area contributed by atoms with Gasteiger partial charge in [-0.3, -0.25) is 23.3 Å². The van der Waals surface area contributed by atoms with Gasteiger partial charge >= 0.3 is 5.69 Å². The Morgan fingerprint density at radius 3 is 2.46 bits per heavy atom. The van der Waals surface area contributed by atoms with Crippen molar-refractivity contribution in [2.24, 2.45) is 20.0 Å². The Bertz CT molecular complexity index is 1430. The number of fused-ring (bicyclic) bond motifs is 1. The fourth-order valence-electron chi connectivity index (χ4n) is 5.34. The Balaban J connectivity index is 1.85. The number of benzene rings is 1. The van der Waals surface area contributed by atoms with Gasteiger partial charge in [0, 0.05) is 49.9 Å². The lowest BCUT2D eigenvalue weighted by atomic mass is 9.95. The number of amides is 1. The van der Waals surface area contributed by atoms with Crippen molar-refractivity contribution < 1.29 is 9.18 Å². The lowest BCUT2D eigenvalue weighted by molar-refractivity contribution is -0.139. The van der Waals surface area contributed by atoms with E-state index < -0.39 is 17.1 Å². The van der Waals surface area contributed by atoms with E-state index in [9.17, 15) is 18.8 Å². The molecule has 0 spiro atoms. The molecule has 1 saturated heterocycles. The first-order chi connectivity index (χ1) is 17.4. The summed E-state index contributed by atoms with van der Waals surface area (Å²) < 4.78 is 18.8. The molecule has 2 aromatic heterocycles. The zero-order valence-corrected chi connectivity index (χ0v) is 22.9. The Hall–Kier alpha value is -3.14. The summed E-state index contributed by atoms with van der Waals surface area (Å²) in [4.78, 5) is 48.0. The van der Waals surface area contributed by atoms with Gasteiger partial charge in [0.2, 0.25) is 11.9 Å². The molecule has 1 aliphatic rings. The first-order valence-electron chi connectivity index (χ1n) is 12.6. The van der Waals surface area contributed by atoms with E-state index in [0.717, 1.165) is 17.4 Å². The molecular formula is C26H34ClFN6O3. The Labute approximate surface area is 220 Å². The molecule has 0 bridgehead atoms. The Morgan fingerprint density at radius 1 is 1.16 bits per heavy atom. The fraction of sp³-hybridized carbons (Fsp3) is 0.538. The molecule has 9 nitrogen and oxygen atoms in total. The van der Waals surface area contributed by atoms with Crippen molar-refractivity contribution in [3.63, 3.8) is 0 Å². The number of nitrogens with zero attached hydrogens (tertiary/aromatic N) is 6. The van der Waals surface area contributed by atoms with Gasteiger partial charge in [0.05, 0.1) is 12.5 Å². The normalized spacial score (nSPS) is 16.3. The number of hydrogen-bond acceptors (Lipinski definition) is 5. The van der Waals surface area contributed by atoms with Crippen LogP contribution in [0.1, 0.15) is 46.1 Å². The zero-order valence-electron chi connectivity index (χ0n) is 22.2. The maximum absolute atomic E-state index is 14.8. The van der Waals surface area contributed by atoms with Crippen LogP contribution in [-0.4, -0.2) is 54.7 Å². The molecule has 11 heteroatoms. The van der Waals surface area contributed by atoms with Crippen LogP contribution in [0.25, 0.3) is 11.2 Å². The summed E-state index contributed by atoms with van der Waals surface area (Å²) in [6.07, 6.45) is 1.49. The predicted molar refractivity (Wildman–Crippen MR) is 143 cm³/mol. The van der Waals surface area contributed by atoms with Gasteiger partial charge in [-0.1, -0.05) is 17.7 Å². The van der Waals surface area contributed by atoms with E-state index in [2.05, 4.69) is 0 Å². The number of rotatable bonds is 6. The molecule has 1 amide bonds. The largest absolute Gasteiger partial charge is 0.341 e. The quantitative estimate of drug-likeness (QED) is 0.487. The molecule has 37 heavy (non-hydrogen) atoms. The van der Waals surface area contributed by atoms with Gasteiger partial charge in [0.15, 0.2) is 11.2 Å². The van der Waals surface area contributed by atoms with E-state index >= 15 is 0 Å². The monoisotopic (exact) mass is 532 g/mol. The molecule has 0 saturated carbocycles. The topological polar surface area (TPSA) is 85.4 Å². The number of aryl methyl sites for hydroxylation is 1. The molecule has 3 aromatic rings. The minimum absolute atomic E-state index is 0.0516. The Kier molecular flexibility index (Phi) is 7.50. The first-order valence-corrected chi connectivity index (χ1v) is 13.0. The van der Waals surface area contributed by atoms with Crippen LogP contribution in [0.5, 0.6) is 0 Å². The summed E-state index contributed by atoms with van der Waals surface area (Å²) in [6.45, 7) is 8.98. The van der Waals surface area contributed by atoms with E-state index in [1.807, 2.05) is 37.5 Å². The number of imidazole rings is 1. The van der Waals surface area contributed by atoms with Crippen LogP contribution < -0.4 is 16.1 Å². The average Bonchev–Trinajstić information content (AvgIpc) is 3.22. The third-order valence-electron chi connectivity index (χ3n) is 7.13. The predicted octanol–water partition coefficient (Wildman–Crippen LogP) is 3.14. The molecule has 3 heterocycles. The molecule has 0 aliphatic carbocycles. The highest BCUT2D eigenvalue weighted by Gasteiger charge is 2.34. The van der Waals surface area contributed by atoms with Crippen molar-refractivity contribution in [1.29, 1.82) is 0 Å². The highest BCUT2D eigenvalue weighted by Crippen LogP contribution is 2.29. The SMILES string of the molecule is CC(C)N(C(=O)C1CCCN(c2nc3c(c(=O)n(C)c(=O)n3C)n2Cc2c(F)cccc2Cl)C1)C(C)C. The van der Waals surface area contributed by atoms with Crippen molar-refractivity contribution in [1.82, 2.24) is 23.6 Å². The lowest BCUT2D eigenvalue weighted by Gasteiger charge is -2.38. The van der Waals surface area contributed by atoms with Gasteiger partial charge in [0.1, 0.15) is 5.82 Å². The molecule has 1 atom stereocenters. The minimum Gasteiger partial charge on any atom is -0.341 e. The van der Waals surface area contributed by atoms with Crippen molar-refractivity contribution in [2.75, 3.05) is 18.0 Å². The van der Waals surface area contributed by atoms with Crippen LogP contribution in [-0.2, 0) is 25.4 Å². The maximum Gasteiger partial charge on any atom is 0.332 e. The van der Waals surface area contributed by atoms with Gasteiger partial charge < -0.3 is 9.80 Å². The number of carbonyl (C=O) groups is 1. The van der Waals surface area contributed by atoms with Crippen molar-refractivity contribution in [2.45, 2.75) is 59.2 Å². The summed E-state index contributed by atoms with van der Waals surface area (Å²) >= 11 is 6.35. The summed E-state index contributed by atoms with van der Waals surface area (Å²) in [6, 6.07) is 4.55.